The highest BCUT2D eigenvalue weighted by Crippen LogP contribution is 2.31. The molecular weight excluding hydrogens is 436 g/mol. The van der Waals surface area contributed by atoms with Gasteiger partial charge in [-0.05, 0) is 98.2 Å². The first kappa shape index (κ1) is 24.3. The summed E-state index contributed by atoms with van der Waals surface area (Å²) in [5, 5.41) is 9.42. The van der Waals surface area contributed by atoms with Gasteiger partial charge >= 0.3 is 0 Å². The fraction of sp³-hybridized carbons (Fsp3) is 0.567. The first-order valence-corrected chi connectivity index (χ1v) is 13.6. The lowest BCUT2D eigenvalue weighted by molar-refractivity contribution is 0.0650. The van der Waals surface area contributed by atoms with Crippen molar-refractivity contribution in [2.75, 3.05) is 39.4 Å². The lowest BCUT2D eigenvalue weighted by Crippen LogP contribution is -2.39. The van der Waals surface area contributed by atoms with Gasteiger partial charge in [0.05, 0.1) is 6.61 Å². The molecular formula is C30H40N2O3. The van der Waals surface area contributed by atoms with E-state index in [0.29, 0.717) is 5.92 Å². The molecule has 2 heterocycles. The van der Waals surface area contributed by atoms with Crippen LogP contribution >= 0.6 is 0 Å². The predicted octanol–water partition coefficient (Wildman–Crippen LogP) is 4.90. The molecule has 3 aliphatic rings. The molecule has 2 bridgehead atoms. The van der Waals surface area contributed by atoms with Gasteiger partial charge < -0.3 is 14.7 Å². The molecule has 2 aliphatic heterocycles. The van der Waals surface area contributed by atoms with Crippen LogP contribution in [-0.2, 0) is 13.0 Å². The van der Waals surface area contributed by atoms with E-state index < -0.39 is 0 Å². The van der Waals surface area contributed by atoms with E-state index in [4.69, 9.17) is 4.74 Å². The van der Waals surface area contributed by atoms with Crippen molar-refractivity contribution in [1.82, 2.24) is 9.80 Å². The minimum absolute atomic E-state index is 0.0908. The Hall–Kier alpha value is -2.37. The number of carbonyl (C=O) groups is 1. The lowest BCUT2D eigenvalue weighted by Gasteiger charge is -2.31. The van der Waals surface area contributed by atoms with Crippen LogP contribution in [0.2, 0.25) is 0 Å². The summed E-state index contributed by atoms with van der Waals surface area (Å²) in [4.78, 5) is 17.8. The Morgan fingerprint density at radius 2 is 1.74 bits per heavy atom. The van der Waals surface area contributed by atoms with Crippen LogP contribution in [0.5, 0.6) is 5.75 Å². The Bertz CT molecular complexity index is 995. The van der Waals surface area contributed by atoms with Crippen molar-refractivity contribution in [3.05, 3.63) is 64.7 Å². The summed E-state index contributed by atoms with van der Waals surface area (Å²) in [6, 6.07) is 14.9. The lowest BCUT2D eigenvalue weighted by atomic mass is 9.96. The third kappa shape index (κ3) is 6.65. The Morgan fingerprint density at radius 3 is 2.54 bits per heavy atom. The van der Waals surface area contributed by atoms with Gasteiger partial charge in [-0.15, -0.1) is 0 Å². The van der Waals surface area contributed by atoms with Crippen molar-refractivity contribution in [1.29, 1.82) is 0 Å². The van der Waals surface area contributed by atoms with E-state index in [9.17, 15) is 9.90 Å². The van der Waals surface area contributed by atoms with E-state index in [1.807, 2.05) is 23.1 Å². The van der Waals surface area contributed by atoms with E-state index in [2.05, 4.69) is 29.2 Å². The Morgan fingerprint density at radius 1 is 0.914 bits per heavy atom. The number of aliphatic hydroxyl groups excluding tert-OH is 1. The van der Waals surface area contributed by atoms with E-state index in [-0.39, 0.29) is 12.5 Å². The smallest absolute Gasteiger partial charge is 0.253 e. The average molecular weight is 477 g/mol. The first-order chi connectivity index (χ1) is 17.2. The fourth-order valence-corrected chi connectivity index (χ4v) is 5.51. The molecule has 2 fully saturated rings. The maximum Gasteiger partial charge on any atom is 0.253 e. The average Bonchev–Trinajstić information content (AvgIpc) is 3.70. The molecule has 1 saturated carbocycles. The molecule has 1 amide bonds. The second-order valence-electron chi connectivity index (χ2n) is 10.8. The molecule has 0 atom stereocenters. The molecule has 5 nitrogen and oxygen atoms in total. The van der Waals surface area contributed by atoms with Crippen LogP contribution < -0.4 is 4.74 Å². The van der Waals surface area contributed by atoms with Gasteiger partial charge in [0.25, 0.3) is 5.91 Å². The molecule has 1 aliphatic carbocycles. The fourth-order valence-electron chi connectivity index (χ4n) is 5.51. The van der Waals surface area contributed by atoms with Gasteiger partial charge in [0.15, 0.2) is 0 Å². The van der Waals surface area contributed by atoms with Crippen LogP contribution in [0.4, 0.5) is 0 Å². The highest BCUT2D eigenvalue weighted by molar-refractivity contribution is 5.94. The Kier molecular flexibility index (Phi) is 8.05. The number of piperidine rings is 1. The number of likely N-dealkylation sites (tertiary alicyclic amines) is 1. The normalized spacial score (nSPS) is 20.5. The summed E-state index contributed by atoms with van der Waals surface area (Å²) >= 11 is 0. The van der Waals surface area contributed by atoms with Crippen molar-refractivity contribution in [3.8, 4) is 5.75 Å². The van der Waals surface area contributed by atoms with Crippen molar-refractivity contribution in [2.24, 2.45) is 11.8 Å². The third-order valence-electron chi connectivity index (χ3n) is 7.85. The van der Waals surface area contributed by atoms with Gasteiger partial charge in [0, 0.05) is 44.8 Å². The molecule has 1 N–H and O–H groups in total. The molecule has 2 aromatic carbocycles. The number of benzene rings is 2. The monoisotopic (exact) mass is 476 g/mol. The number of ether oxygens (including phenoxy) is 1. The molecule has 0 radical (unpaired) electrons. The molecule has 0 spiro atoms. The zero-order valence-corrected chi connectivity index (χ0v) is 21.0. The topological polar surface area (TPSA) is 53.0 Å². The first-order valence-electron chi connectivity index (χ1n) is 13.6. The van der Waals surface area contributed by atoms with Gasteiger partial charge in [0.2, 0.25) is 0 Å². The highest BCUT2D eigenvalue weighted by Gasteiger charge is 2.25. The molecule has 35 heavy (non-hydrogen) atoms. The van der Waals surface area contributed by atoms with Crippen molar-refractivity contribution >= 4 is 5.91 Å². The van der Waals surface area contributed by atoms with Gasteiger partial charge in [-0.25, -0.2) is 0 Å². The summed E-state index contributed by atoms with van der Waals surface area (Å²) in [6.45, 7) is 5.79. The number of amides is 1. The number of fused-ring (bicyclic) bond motifs is 3. The number of carbonyl (C=O) groups excluding carboxylic acids is 1. The van der Waals surface area contributed by atoms with Crippen LogP contribution in [0.15, 0.2) is 42.5 Å². The van der Waals surface area contributed by atoms with Crippen molar-refractivity contribution < 1.29 is 14.6 Å². The zero-order chi connectivity index (χ0) is 24.0. The quantitative estimate of drug-likeness (QED) is 0.682. The molecule has 0 unspecified atom stereocenters. The zero-order valence-electron chi connectivity index (χ0n) is 21.0. The second-order valence-corrected chi connectivity index (χ2v) is 10.8. The molecule has 2 aromatic rings. The van der Waals surface area contributed by atoms with Gasteiger partial charge in [-0.1, -0.05) is 24.3 Å². The number of hydrogen-bond acceptors (Lipinski definition) is 4. The van der Waals surface area contributed by atoms with Crippen LogP contribution in [-0.4, -0.2) is 60.2 Å². The maximum absolute atomic E-state index is 13.3. The Balaban J connectivity index is 1.36. The largest absolute Gasteiger partial charge is 0.493 e. The van der Waals surface area contributed by atoms with Gasteiger partial charge in [-0.3, -0.25) is 9.69 Å². The van der Waals surface area contributed by atoms with E-state index in [0.717, 1.165) is 74.7 Å². The van der Waals surface area contributed by atoms with Crippen LogP contribution in [0.1, 0.15) is 72.0 Å². The van der Waals surface area contributed by atoms with Crippen LogP contribution in [0, 0.1) is 11.8 Å². The SMILES string of the molecule is O=C(c1ccc2c(c1)Cc1cccc(c1)CN(CC1CC1)CCCCCO2)N1CCC(CO)CC1. The van der Waals surface area contributed by atoms with Crippen LogP contribution in [0.25, 0.3) is 0 Å². The summed E-state index contributed by atoms with van der Waals surface area (Å²) in [5.74, 6) is 2.22. The summed E-state index contributed by atoms with van der Waals surface area (Å²) in [5.41, 5.74) is 4.47. The van der Waals surface area contributed by atoms with Gasteiger partial charge in [0.1, 0.15) is 5.75 Å². The highest BCUT2D eigenvalue weighted by atomic mass is 16.5. The number of aliphatic hydroxyl groups is 1. The third-order valence-corrected chi connectivity index (χ3v) is 7.85. The number of nitrogens with zero attached hydrogens (tertiary/aromatic N) is 2. The Labute approximate surface area is 210 Å². The minimum atomic E-state index is 0.0908. The van der Waals surface area contributed by atoms with Gasteiger partial charge in [-0.2, -0.15) is 0 Å². The van der Waals surface area contributed by atoms with Crippen LogP contribution in [0.3, 0.4) is 0 Å². The number of hydrogen-bond donors (Lipinski definition) is 1. The summed E-state index contributed by atoms with van der Waals surface area (Å²) in [7, 11) is 0. The maximum atomic E-state index is 13.3. The van der Waals surface area contributed by atoms with Crippen molar-refractivity contribution in [3.63, 3.8) is 0 Å². The molecule has 188 valence electrons. The molecule has 0 aromatic heterocycles. The minimum Gasteiger partial charge on any atom is -0.493 e. The number of rotatable bonds is 4. The second kappa shape index (κ2) is 11.6. The summed E-state index contributed by atoms with van der Waals surface area (Å²) in [6.07, 6.45) is 8.74. The molecule has 1 saturated heterocycles. The standard InChI is InChI=1S/C30H40N2O3/c33-22-24-11-14-32(15-12-24)30(34)27-9-10-29-28(19-27)18-25-5-4-6-26(17-25)21-31(20-23-7-8-23)13-2-1-3-16-35-29/h4-6,9-10,17,19,23-24,33H,1-3,7-8,11-16,18,20-22H2. The van der Waals surface area contributed by atoms with E-state index in [1.165, 1.54) is 49.9 Å². The molecule has 5 rings (SSSR count). The van der Waals surface area contributed by atoms with E-state index in [1.54, 1.807) is 0 Å². The predicted molar refractivity (Wildman–Crippen MR) is 139 cm³/mol. The van der Waals surface area contributed by atoms with E-state index >= 15 is 0 Å². The molecule has 5 heteroatoms. The summed E-state index contributed by atoms with van der Waals surface area (Å²) < 4.78 is 6.25. The van der Waals surface area contributed by atoms with Crippen molar-refractivity contribution in [2.45, 2.75) is 57.9 Å².